The van der Waals surface area contributed by atoms with Gasteiger partial charge in [0.15, 0.2) is 11.6 Å². The van der Waals surface area contributed by atoms with Crippen LogP contribution in [0.3, 0.4) is 0 Å². The Labute approximate surface area is 114 Å². The average Bonchev–Trinajstić information content (AvgIpc) is 2.64. The van der Waals surface area contributed by atoms with E-state index in [-0.39, 0.29) is 24.2 Å². The molecule has 1 aromatic heterocycles. The number of halogens is 2. The van der Waals surface area contributed by atoms with Gasteiger partial charge >= 0.3 is 0 Å². The molecule has 0 aliphatic heterocycles. The van der Waals surface area contributed by atoms with Gasteiger partial charge in [-0.15, -0.1) is 11.3 Å². The third kappa shape index (κ3) is 3.23. The molecule has 0 spiro atoms. The number of ketones is 1. The number of rotatable bonds is 4. The summed E-state index contributed by atoms with van der Waals surface area (Å²) >= 11 is 1.46. The van der Waals surface area contributed by atoms with Crippen molar-refractivity contribution in [3.05, 3.63) is 51.0 Å². The highest BCUT2D eigenvalue weighted by Gasteiger charge is 2.14. The average molecular weight is 281 g/mol. The van der Waals surface area contributed by atoms with Gasteiger partial charge in [0.2, 0.25) is 0 Å². The first kappa shape index (κ1) is 13.8. The van der Waals surface area contributed by atoms with Gasteiger partial charge < -0.3 is 0 Å². The quantitative estimate of drug-likeness (QED) is 0.859. The molecule has 0 radical (unpaired) electrons. The maximum absolute atomic E-state index is 13.4. The zero-order valence-electron chi connectivity index (χ0n) is 10.7. The summed E-state index contributed by atoms with van der Waals surface area (Å²) in [5.41, 5.74) is 1.000. The van der Waals surface area contributed by atoms with Gasteiger partial charge in [0, 0.05) is 11.3 Å². The molecule has 100 valence electrons. The van der Waals surface area contributed by atoms with Crippen molar-refractivity contribution in [1.82, 2.24) is 4.98 Å². The maximum Gasteiger partial charge on any atom is 0.162 e. The third-order valence-electron chi connectivity index (χ3n) is 2.84. The second-order valence-corrected chi connectivity index (χ2v) is 5.64. The minimum atomic E-state index is -0.942. The van der Waals surface area contributed by atoms with Crippen LogP contribution in [0.1, 0.15) is 21.1 Å². The van der Waals surface area contributed by atoms with Crippen molar-refractivity contribution in [1.29, 1.82) is 0 Å². The fourth-order valence-electron chi connectivity index (χ4n) is 1.74. The van der Waals surface area contributed by atoms with Crippen LogP contribution in [0.5, 0.6) is 0 Å². The number of hydrogen-bond donors (Lipinski definition) is 0. The summed E-state index contributed by atoms with van der Waals surface area (Å²) in [6.45, 7) is 3.82. The van der Waals surface area contributed by atoms with Gasteiger partial charge in [-0.3, -0.25) is 4.79 Å². The normalized spacial score (nSPS) is 10.7. The standard InChI is InChI=1S/C14H13F2NOS/c1-8-9(2)19-13(17-8)7-11(18)6-10-4-3-5-12(15)14(10)16/h3-5H,6-7H2,1-2H3. The van der Waals surface area contributed by atoms with Gasteiger partial charge in [-0.1, -0.05) is 12.1 Å². The fraction of sp³-hybridized carbons (Fsp3) is 0.286. The molecule has 19 heavy (non-hydrogen) atoms. The minimum Gasteiger partial charge on any atom is -0.299 e. The molecule has 0 fully saturated rings. The number of carbonyl (C=O) groups excluding carboxylic acids is 1. The lowest BCUT2D eigenvalue weighted by atomic mass is 10.1. The molecule has 0 unspecified atom stereocenters. The molecule has 1 heterocycles. The van der Waals surface area contributed by atoms with E-state index in [9.17, 15) is 13.6 Å². The number of aryl methyl sites for hydroxylation is 2. The number of hydrogen-bond acceptors (Lipinski definition) is 3. The molecule has 2 rings (SSSR count). The van der Waals surface area contributed by atoms with Crippen LogP contribution in [0.4, 0.5) is 8.78 Å². The van der Waals surface area contributed by atoms with Crippen LogP contribution < -0.4 is 0 Å². The Hall–Kier alpha value is -1.62. The summed E-state index contributed by atoms with van der Waals surface area (Å²) < 4.78 is 26.4. The van der Waals surface area contributed by atoms with Crippen LogP contribution in [0.2, 0.25) is 0 Å². The van der Waals surface area contributed by atoms with Crippen LogP contribution in [-0.4, -0.2) is 10.8 Å². The summed E-state index contributed by atoms with van der Waals surface area (Å²) in [5.74, 6) is -2.04. The molecule has 0 aliphatic carbocycles. The molecule has 0 bridgehead atoms. The summed E-state index contributed by atoms with van der Waals surface area (Å²) in [7, 11) is 0. The predicted molar refractivity (Wildman–Crippen MR) is 70.4 cm³/mol. The Balaban J connectivity index is 2.07. The number of carbonyl (C=O) groups is 1. The highest BCUT2D eigenvalue weighted by atomic mass is 32.1. The van der Waals surface area contributed by atoms with E-state index in [0.717, 1.165) is 21.6 Å². The second kappa shape index (κ2) is 5.57. The smallest absolute Gasteiger partial charge is 0.162 e. The van der Waals surface area contributed by atoms with E-state index in [1.807, 2.05) is 13.8 Å². The van der Waals surface area contributed by atoms with Crippen molar-refractivity contribution in [3.8, 4) is 0 Å². The van der Waals surface area contributed by atoms with Gasteiger partial charge in [-0.05, 0) is 25.5 Å². The van der Waals surface area contributed by atoms with Crippen molar-refractivity contribution in [2.75, 3.05) is 0 Å². The van der Waals surface area contributed by atoms with Gasteiger partial charge in [-0.2, -0.15) is 0 Å². The first-order chi connectivity index (χ1) is 8.97. The van der Waals surface area contributed by atoms with Gasteiger partial charge in [0.1, 0.15) is 10.8 Å². The van der Waals surface area contributed by atoms with Crippen LogP contribution in [0, 0.1) is 25.5 Å². The van der Waals surface area contributed by atoms with Crippen molar-refractivity contribution in [3.63, 3.8) is 0 Å². The van der Waals surface area contributed by atoms with E-state index in [1.54, 1.807) is 0 Å². The molecule has 0 atom stereocenters. The lowest BCUT2D eigenvalue weighted by Crippen LogP contribution is -2.08. The highest BCUT2D eigenvalue weighted by molar-refractivity contribution is 7.11. The monoisotopic (exact) mass is 281 g/mol. The topological polar surface area (TPSA) is 30.0 Å². The lowest BCUT2D eigenvalue weighted by molar-refractivity contribution is -0.117. The van der Waals surface area contributed by atoms with Crippen molar-refractivity contribution < 1.29 is 13.6 Å². The van der Waals surface area contributed by atoms with Gasteiger partial charge in [0.25, 0.3) is 0 Å². The molecule has 0 saturated carbocycles. The van der Waals surface area contributed by atoms with Crippen LogP contribution in [0.15, 0.2) is 18.2 Å². The summed E-state index contributed by atoms with van der Waals surface area (Å²) in [5, 5.41) is 0.719. The van der Waals surface area contributed by atoms with Crippen molar-refractivity contribution >= 4 is 17.1 Å². The number of benzene rings is 1. The third-order valence-corrected chi connectivity index (χ3v) is 3.91. The number of Topliss-reactive ketones (excluding diaryl/α,β-unsaturated/α-hetero) is 1. The molecule has 2 aromatic rings. The molecular weight excluding hydrogens is 268 g/mol. The number of thiazole rings is 1. The zero-order valence-corrected chi connectivity index (χ0v) is 11.5. The molecule has 0 saturated heterocycles. The van der Waals surface area contributed by atoms with E-state index in [0.29, 0.717) is 0 Å². The maximum atomic E-state index is 13.4. The second-order valence-electron chi connectivity index (χ2n) is 4.35. The summed E-state index contributed by atoms with van der Waals surface area (Å²) in [6, 6.07) is 3.87. The summed E-state index contributed by atoms with van der Waals surface area (Å²) in [4.78, 5) is 17.2. The largest absolute Gasteiger partial charge is 0.299 e. The minimum absolute atomic E-state index is 0.0926. The van der Waals surface area contributed by atoms with Crippen LogP contribution in [0.25, 0.3) is 0 Å². The summed E-state index contributed by atoms with van der Waals surface area (Å²) in [6.07, 6.45) is 0.0522. The number of aromatic nitrogens is 1. The SMILES string of the molecule is Cc1nc(CC(=O)Cc2cccc(F)c2F)sc1C. The van der Waals surface area contributed by atoms with Gasteiger partial charge in [0.05, 0.1) is 12.1 Å². The van der Waals surface area contributed by atoms with Gasteiger partial charge in [-0.25, -0.2) is 13.8 Å². The molecule has 0 N–H and O–H groups in total. The Bertz CT molecular complexity index is 602. The Kier molecular flexibility index (Phi) is 4.04. The van der Waals surface area contributed by atoms with Crippen LogP contribution >= 0.6 is 11.3 Å². The molecule has 0 aliphatic rings. The lowest BCUT2D eigenvalue weighted by Gasteiger charge is -2.02. The van der Waals surface area contributed by atoms with E-state index in [4.69, 9.17) is 0 Å². The van der Waals surface area contributed by atoms with E-state index < -0.39 is 11.6 Å². The molecular formula is C14H13F2NOS. The number of nitrogens with zero attached hydrogens (tertiary/aromatic N) is 1. The Morgan fingerprint density at radius 2 is 2.00 bits per heavy atom. The van der Waals surface area contributed by atoms with Crippen molar-refractivity contribution in [2.45, 2.75) is 26.7 Å². The molecule has 0 amide bonds. The Morgan fingerprint density at radius 1 is 1.26 bits per heavy atom. The first-order valence-electron chi connectivity index (χ1n) is 5.85. The van der Waals surface area contributed by atoms with Crippen molar-refractivity contribution in [2.24, 2.45) is 0 Å². The first-order valence-corrected chi connectivity index (χ1v) is 6.66. The molecule has 2 nitrogen and oxygen atoms in total. The van der Waals surface area contributed by atoms with E-state index in [2.05, 4.69) is 4.98 Å². The molecule has 1 aromatic carbocycles. The van der Waals surface area contributed by atoms with Crippen LogP contribution in [-0.2, 0) is 17.6 Å². The highest BCUT2D eigenvalue weighted by Crippen LogP contribution is 2.18. The van der Waals surface area contributed by atoms with E-state index in [1.165, 1.54) is 23.5 Å². The zero-order chi connectivity index (χ0) is 14.0. The predicted octanol–water partition coefficient (Wildman–Crippen LogP) is 3.39. The fourth-order valence-corrected chi connectivity index (χ4v) is 2.71. The van der Waals surface area contributed by atoms with E-state index >= 15 is 0 Å². The molecule has 5 heteroatoms. The Morgan fingerprint density at radius 3 is 2.63 bits per heavy atom.